The fourth-order valence-electron chi connectivity index (χ4n) is 1.22. The zero-order chi connectivity index (χ0) is 11.5. The lowest BCUT2D eigenvalue weighted by molar-refractivity contribution is -0.136. The van der Waals surface area contributed by atoms with Crippen molar-refractivity contribution in [2.24, 2.45) is 11.8 Å². The third kappa shape index (κ3) is 3.20. The van der Waals surface area contributed by atoms with Crippen LogP contribution in [-0.4, -0.2) is 34.0 Å². The lowest BCUT2D eigenvalue weighted by Gasteiger charge is -2.22. The van der Waals surface area contributed by atoms with Crippen LogP contribution in [0.2, 0.25) is 0 Å². The third-order valence-electron chi connectivity index (χ3n) is 2.53. The topological polar surface area (TPSA) is 74.6 Å². The Morgan fingerprint density at radius 1 is 1.00 bits per heavy atom. The van der Waals surface area contributed by atoms with Crippen molar-refractivity contribution in [1.29, 1.82) is 0 Å². The van der Waals surface area contributed by atoms with Crippen LogP contribution >= 0.6 is 0 Å². The molecule has 0 heterocycles. The van der Waals surface area contributed by atoms with Crippen LogP contribution in [-0.2, 0) is 9.59 Å². The first-order valence-corrected chi connectivity index (χ1v) is 4.69. The van der Waals surface area contributed by atoms with E-state index in [0.29, 0.717) is 0 Å². The molecule has 82 valence electrons. The van der Waals surface area contributed by atoms with Gasteiger partial charge in [0.25, 0.3) is 0 Å². The van der Waals surface area contributed by atoms with Gasteiger partial charge in [-0.15, -0.1) is 0 Å². The molecule has 0 saturated heterocycles. The van der Waals surface area contributed by atoms with Gasteiger partial charge in [-0.3, -0.25) is 9.59 Å². The van der Waals surface area contributed by atoms with Gasteiger partial charge in [0.05, 0.1) is 6.10 Å². The Hall–Kier alpha value is -0.740. The SMILES string of the molecule is CC(=O)C(C)C(O)C(C)C(=O)C(C)O. The Morgan fingerprint density at radius 2 is 1.43 bits per heavy atom. The van der Waals surface area contributed by atoms with Gasteiger partial charge in [0.1, 0.15) is 11.9 Å². The second kappa shape index (κ2) is 5.22. The van der Waals surface area contributed by atoms with E-state index in [1.807, 2.05) is 0 Å². The summed E-state index contributed by atoms with van der Waals surface area (Å²) in [4.78, 5) is 22.2. The Kier molecular flexibility index (Phi) is 4.94. The van der Waals surface area contributed by atoms with E-state index in [0.717, 1.165) is 0 Å². The molecule has 0 aliphatic carbocycles. The van der Waals surface area contributed by atoms with Gasteiger partial charge in [-0.05, 0) is 13.8 Å². The summed E-state index contributed by atoms with van der Waals surface area (Å²) in [5.41, 5.74) is 0. The van der Waals surface area contributed by atoms with Crippen LogP contribution in [0, 0.1) is 11.8 Å². The van der Waals surface area contributed by atoms with Crippen LogP contribution in [0.15, 0.2) is 0 Å². The fourth-order valence-corrected chi connectivity index (χ4v) is 1.22. The van der Waals surface area contributed by atoms with Gasteiger partial charge in [0.2, 0.25) is 0 Å². The zero-order valence-corrected chi connectivity index (χ0v) is 9.02. The van der Waals surface area contributed by atoms with Gasteiger partial charge >= 0.3 is 0 Å². The zero-order valence-electron chi connectivity index (χ0n) is 9.02. The normalized spacial score (nSPS) is 19.6. The first-order valence-electron chi connectivity index (χ1n) is 4.69. The van der Waals surface area contributed by atoms with E-state index >= 15 is 0 Å². The van der Waals surface area contributed by atoms with Gasteiger partial charge in [-0.25, -0.2) is 0 Å². The molecule has 0 amide bonds. The van der Waals surface area contributed by atoms with Crippen LogP contribution < -0.4 is 0 Å². The van der Waals surface area contributed by atoms with Crippen molar-refractivity contribution in [2.75, 3.05) is 0 Å². The highest BCUT2D eigenvalue weighted by Crippen LogP contribution is 2.16. The molecule has 0 aliphatic rings. The average molecular weight is 202 g/mol. The number of carbonyl (C=O) groups excluding carboxylic acids is 2. The van der Waals surface area contributed by atoms with E-state index in [9.17, 15) is 14.7 Å². The smallest absolute Gasteiger partial charge is 0.166 e. The second-order valence-corrected chi connectivity index (χ2v) is 3.76. The average Bonchev–Trinajstić information content (AvgIpc) is 2.12. The second-order valence-electron chi connectivity index (χ2n) is 3.76. The Morgan fingerprint density at radius 3 is 1.71 bits per heavy atom. The molecule has 0 bridgehead atoms. The summed E-state index contributed by atoms with van der Waals surface area (Å²) < 4.78 is 0. The predicted molar refractivity (Wildman–Crippen MR) is 51.7 cm³/mol. The van der Waals surface area contributed by atoms with E-state index in [1.54, 1.807) is 6.92 Å². The highest BCUT2D eigenvalue weighted by atomic mass is 16.3. The van der Waals surface area contributed by atoms with Gasteiger partial charge in [-0.2, -0.15) is 0 Å². The van der Waals surface area contributed by atoms with Crippen molar-refractivity contribution in [1.82, 2.24) is 0 Å². The molecule has 2 N–H and O–H groups in total. The van der Waals surface area contributed by atoms with Crippen LogP contribution in [0.4, 0.5) is 0 Å². The summed E-state index contributed by atoms with van der Waals surface area (Å²) >= 11 is 0. The molecule has 0 rings (SSSR count). The molecule has 0 fully saturated rings. The van der Waals surface area contributed by atoms with E-state index in [-0.39, 0.29) is 5.78 Å². The van der Waals surface area contributed by atoms with Crippen LogP contribution in [0.25, 0.3) is 0 Å². The summed E-state index contributed by atoms with van der Waals surface area (Å²) in [6.07, 6.45) is -2.12. The Labute approximate surface area is 83.9 Å². The minimum atomic E-state index is -1.10. The maximum atomic E-state index is 11.3. The Balaban J connectivity index is 4.46. The number of ketones is 2. The van der Waals surface area contributed by atoms with Crippen molar-refractivity contribution in [3.05, 3.63) is 0 Å². The molecule has 4 heteroatoms. The lowest BCUT2D eigenvalue weighted by atomic mass is 9.87. The quantitative estimate of drug-likeness (QED) is 0.666. The van der Waals surface area contributed by atoms with E-state index in [4.69, 9.17) is 5.11 Å². The van der Waals surface area contributed by atoms with Gasteiger partial charge in [-0.1, -0.05) is 13.8 Å². The molecule has 0 aromatic carbocycles. The maximum Gasteiger partial charge on any atom is 0.166 e. The van der Waals surface area contributed by atoms with Gasteiger partial charge < -0.3 is 10.2 Å². The summed E-state index contributed by atoms with van der Waals surface area (Å²) in [7, 11) is 0. The number of carbonyl (C=O) groups is 2. The molecule has 0 radical (unpaired) electrons. The summed E-state index contributed by atoms with van der Waals surface area (Å²) in [5.74, 6) is -1.89. The predicted octanol–water partition coefficient (Wildman–Crippen LogP) is 0.158. The highest BCUT2D eigenvalue weighted by molar-refractivity contribution is 5.86. The summed E-state index contributed by atoms with van der Waals surface area (Å²) in [6, 6.07) is 0. The molecule has 4 unspecified atom stereocenters. The minimum absolute atomic E-state index is 0.164. The van der Waals surface area contributed by atoms with Crippen molar-refractivity contribution >= 4 is 11.6 Å². The largest absolute Gasteiger partial charge is 0.392 e. The van der Waals surface area contributed by atoms with Crippen LogP contribution in [0.1, 0.15) is 27.7 Å². The van der Waals surface area contributed by atoms with Crippen molar-refractivity contribution in [3.8, 4) is 0 Å². The van der Waals surface area contributed by atoms with Gasteiger partial charge in [0.15, 0.2) is 5.78 Å². The fraction of sp³-hybridized carbons (Fsp3) is 0.800. The lowest BCUT2D eigenvalue weighted by Crippen LogP contribution is -2.38. The Bertz CT molecular complexity index is 222. The molecule has 0 aliphatic heterocycles. The number of hydrogen-bond donors (Lipinski definition) is 2. The number of aliphatic hydroxyl groups is 2. The molecule has 14 heavy (non-hydrogen) atoms. The molecule has 0 saturated carbocycles. The third-order valence-corrected chi connectivity index (χ3v) is 2.53. The first-order chi connectivity index (χ1) is 6.29. The molecular formula is C10H18O4. The van der Waals surface area contributed by atoms with E-state index < -0.39 is 29.8 Å². The standard InChI is InChI=1S/C10H18O4/c1-5(7(3)11)9(13)6(2)10(14)8(4)12/h5-6,8-9,12-13H,1-4H3. The minimum Gasteiger partial charge on any atom is -0.392 e. The molecule has 4 atom stereocenters. The van der Waals surface area contributed by atoms with Crippen molar-refractivity contribution in [2.45, 2.75) is 39.9 Å². The molecule has 0 aromatic rings. The van der Waals surface area contributed by atoms with Gasteiger partial charge in [0, 0.05) is 11.8 Å². The number of hydrogen-bond acceptors (Lipinski definition) is 4. The molecule has 4 nitrogen and oxygen atoms in total. The maximum absolute atomic E-state index is 11.3. The van der Waals surface area contributed by atoms with E-state index in [1.165, 1.54) is 20.8 Å². The summed E-state index contributed by atoms with van der Waals surface area (Å²) in [5, 5.41) is 18.6. The molecule has 0 aromatic heterocycles. The highest BCUT2D eigenvalue weighted by Gasteiger charge is 2.30. The number of aliphatic hydroxyl groups excluding tert-OH is 2. The van der Waals surface area contributed by atoms with Crippen LogP contribution in [0.5, 0.6) is 0 Å². The number of Topliss-reactive ketones (excluding diaryl/α,β-unsaturated/α-hetero) is 2. The van der Waals surface area contributed by atoms with Crippen molar-refractivity contribution < 1.29 is 19.8 Å². The summed E-state index contributed by atoms with van der Waals surface area (Å²) in [6.45, 7) is 5.80. The molecular weight excluding hydrogens is 184 g/mol. The first kappa shape index (κ1) is 13.3. The van der Waals surface area contributed by atoms with Crippen LogP contribution in [0.3, 0.4) is 0 Å². The van der Waals surface area contributed by atoms with E-state index in [2.05, 4.69) is 0 Å². The molecule has 0 spiro atoms. The number of rotatable bonds is 5. The van der Waals surface area contributed by atoms with Crippen molar-refractivity contribution in [3.63, 3.8) is 0 Å². The monoisotopic (exact) mass is 202 g/mol.